The molecule has 130 valence electrons. The van der Waals surface area contributed by atoms with Crippen LogP contribution in [0, 0.1) is 0 Å². The molecule has 0 saturated heterocycles. The molecule has 1 heterocycles. The minimum Gasteiger partial charge on any atom is -0.497 e. The van der Waals surface area contributed by atoms with Crippen molar-refractivity contribution in [2.75, 3.05) is 13.7 Å². The van der Waals surface area contributed by atoms with Gasteiger partial charge in [0.25, 0.3) is 0 Å². The maximum Gasteiger partial charge on any atom is 0.307 e. The summed E-state index contributed by atoms with van der Waals surface area (Å²) in [5.74, 6) is 0.301. The van der Waals surface area contributed by atoms with Gasteiger partial charge in [-0.25, -0.2) is 0 Å². The van der Waals surface area contributed by atoms with Gasteiger partial charge in [0, 0.05) is 19.0 Å². The van der Waals surface area contributed by atoms with Crippen LogP contribution in [0.1, 0.15) is 33.1 Å². The molecule has 0 atom stereocenters. The second-order valence-corrected chi connectivity index (χ2v) is 6.19. The quantitative estimate of drug-likeness (QED) is 0.720. The van der Waals surface area contributed by atoms with Crippen LogP contribution in [0.3, 0.4) is 0 Å². The first kappa shape index (κ1) is 18.2. The van der Waals surface area contributed by atoms with Crippen LogP contribution in [0.25, 0.3) is 10.2 Å². The molecule has 2 aromatic rings. The lowest BCUT2D eigenvalue weighted by molar-refractivity contribution is -0.143. The molecule has 0 aliphatic carbocycles. The van der Waals surface area contributed by atoms with E-state index >= 15 is 0 Å². The largest absolute Gasteiger partial charge is 0.497 e. The molecule has 0 aliphatic heterocycles. The molecule has 0 bridgehead atoms. The molecule has 0 N–H and O–H groups in total. The molecule has 0 radical (unpaired) electrons. The molecule has 0 saturated carbocycles. The highest BCUT2D eigenvalue weighted by Gasteiger charge is 2.11. The van der Waals surface area contributed by atoms with E-state index in [1.54, 1.807) is 14.0 Å². The fourth-order valence-electron chi connectivity index (χ4n) is 2.29. The molecule has 24 heavy (non-hydrogen) atoms. The van der Waals surface area contributed by atoms with Gasteiger partial charge >= 0.3 is 5.97 Å². The van der Waals surface area contributed by atoms with Crippen molar-refractivity contribution in [1.29, 1.82) is 0 Å². The second kappa shape index (κ2) is 8.63. The molecular weight excluding hydrogens is 328 g/mol. The van der Waals surface area contributed by atoms with E-state index in [2.05, 4.69) is 4.99 Å². The highest BCUT2D eigenvalue weighted by Crippen LogP contribution is 2.23. The van der Waals surface area contributed by atoms with E-state index in [9.17, 15) is 9.59 Å². The summed E-state index contributed by atoms with van der Waals surface area (Å²) in [6.45, 7) is 4.48. The third-order valence-electron chi connectivity index (χ3n) is 3.42. The van der Waals surface area contributed by atoms with Crippen molar-refractivity contribution in [2.24, 2.45) is 4.99 Å². The lowest BCUT2D eigenvalue weighted by Crippen LogP contribution is -2.19. The van der Waals surface area contributed by atoms with Crippen LogP contribution in [0.2, 0.25) is 0 Å². The zero-order valence-electron chi connectivity index (χ0n) is 14.2. The van der Waals surface area contributed by atoms with E-state index in [-0.39, 0.29) is 18.3 Å². The first-order chi connectivity index (χ1) is 11.6. The maximum atomic E-state index is 11.9. The fraction of sp³-hybridized carbons (Fsp3) is 0.471. The monoisotopic (exact) mass is 350 g/mol. The number of ether oxygens (including phenoxy) is 2. The van der Waals surface area contributed by atoms with Gasteiger partial charge in [0.1, 0.15) is 5.75 Å². The number of amides is 1. The van der Waals surface area contributed by atoms with Crippen molar-refractivity contribution in [1.82, 2.24) is 4.57 Å². The van der Waals surface area contributed by atoms with Crippen LogP contribution in [0.15, 0.2) is 23.2 Å². The third-order valence-corrected chi connectivity index (χ3v) is 4.48. The number of carbonyl (C=O) groups excluding carboxylic acids is 2. The molecule has 0 unspecified atom stereocenters. The van der Waals surface area contributed by atoms with Gasteiger partial charge in [-0.3, -0.25) is 9.59 Å². The normalized spacial score (nSPS) is 11.7. The minimum absolute atomic E-state index is 0.152. The molecule has 1 aromatic carbocycles. The van der Waals surface area contributed by atoms with Crippen LogP contribution in [-0.4, -0.2) is 30.2 Å². The predicted octanol–water partition coefficient (Wildman–Crippen LogP) is 2.89. The number of esters is 1. The van der Waals surface area contributed by atoms with E-state index < -0.39 is 0 Å². The molecule has 1 aromatic heterocycles. The molecule has 0 spiro atoms. The van der Waals surface area contributed by atoms with E-state index in [0.29, 0.717) is 24.4 Å². The minimum atomic E-state index is -0.266. The number of carbonyl (C=O) groups is 2. The highest BCUT2D eigenvalue weighted by molar-refractivity contribution is 7.16. The fourth-order valence-corrected chi connectivity index (χ4v) is 3.34. The lowest BCUT2D eigenvalue weighted by atomic mass is 10.3. The summed E-state index contributed by atoms with van der Waals surface area (Å²) in [6.07, 6.45) is 1.39. The SMILES string of the molecule is CCCC(=O)N=c1sc2ccc(OC)cc2n1CCC(=O)OCC. The number of benzene rings is 1. The Morgan fingerprint density at radius 3 is 2.71 bits per heavy atom. The molecule has 0 fully saturated rings. The summed E-state index contributed by atoms with van der Waals surface area (Å²) in [7, 11) is 1.60. The molecule has 7 heteroatoms. The Labute approximate surface area is 144 Å². The van der Waals surface area contributed by atoms with Crippen molar-refractivity contribution in [2.45, 2.75) is 39.7 Å². The predicted molar refractivity (Wildman–Crippen MR) is 93.1 cm³/mol. The van der Waals surface area contributed by atoms with Crippen molar-refractivity contribution in [3.63, 3.8) is 0 Å². The van der Waals surface area contributed by atoms with Gasteiger partial charge in [0.15, 0.2) is 4.80 Å². The Morgan fingerprint density at radius 1 is 1.25 bits per heavy atom. The van der Waals surface area contributed by atoms with Gasteiger partial charge in [-0.15, -0.1) is 0 Å². The lowest BCUT2D eigenvalue weighted by Gasteiger charge is -2.06. The first-order valence-electron chi connectivity index (χ1n) is 7.99. The van der Waals surface area contributed by atoms with Crippen molar-refractivity contribution in [3.05, 3.63) is 23.0 Å². The van der Waals surface area contributed by atoms with Crippen LogP contribution in [-0.2, 0) is 20.9 Å². The number of aromatic nitrogens is 1. The van der Waals surface area contributed by atoms with Crippen molar-refractivity contribution in [3.8, 4) is 5.75 Å². The van der Waals surface area contributed by atoms with E-state index in [1.807, 2.05) is 29.7 Å². The van der Waals surface area contributed by atoms with Crippen LogP contribution in [0.5, 0.6) is 5.75 Å². The number of methoxy groups -OCH3 is 1. The Kier molecular flexibility index (Phi) is 6.54. The van der Waals surface area contributed by atoms with E-state index in [4.69, 9.17) is 9.47 Å². The first-order valence-corrected chi connectivity index (χ1v) is 8.81. The van der Waals surface area contributed by atoms with Crippen LogP contribution in [0.4, 0.5) is 0 Å². The van der Waals surface area contributed by atoms with Crippen LogP contribution >= 0.6 is 11.3 Å². The summed E-state index contributed by atoms with van der Waals surface area (Å²) in [4.78, 5) is 28.4. The van der Waals surface area contributed by atoms with Gasteiger partial charge < -0.3 is 14.0 Å². The third kappa shape index (κ3) is 4.44. The summed E-state index contributed by atoms with van der Waals surface area (Å²) in [6, 6.07) is 5.69. The topological polar surface area (TPSA) is 69.9 Å². The number of rotatable bonds is 7. The maximum absolute atomic E-state index is 11.9. The van der Waals surface area contributed by atoms with Gasteiger partial charge in [-0.05, 0) is 25.5 Å². The van der Waals surface area contributed by atoms with Crippen LogP contribution < -0.4 is 9.54 Å². The van der Waals surface area contributed by atoms with Gasteiger partial charge in [0.05, 0.1) is 30.4 Å². The van der Waals surface area contributed by atoms with Crippen molar-refractivity contribution < 1.29 is 19.1 Å². The van der Waals surface area contributed by atoms with Gasteiger partial charge in [-0.2, -0.15) is 4.99 Å². The average molecular weight is 350 g/mol. The van der Waals surface area contributed by atoms with Crippen molar-refractivity contribution >= 4 is 33.4 Å². The zero-order valence-corrected chi connectivity index (χ0v) is 15.0. The molecule has 0 aliphatic rings. The average Bonchev–Trinajstić information content (AvgIpc) is 2.89. The molecule has 2 rings (SSSR count). The smallest absolute Gasteiger partial charge is 0.307 e. The Bertz CT molecular complexity index is 791. The number of fused-ring (bicyclic) bond motifs is 1. The standard InChI is InChI=1S/C17H22N2O4S/c1-4-6-15(20)18-17-19(10-9-16(21)23-5-2)13-11-12(22-3)7-8-14(13)24-17/h7-8,11H,4-6,9-10H2,1-3H3. The highest BCUT2D eigenvalue weighted by atomic mass is 32.1. The molecule has 6 nitrogen and oxygen atoms in total. The Morgan fingerprint density at radius 2 is 2.04 bits per heavy atom. The number of thiazole rings is 1. The number of aryl methyl sites for hydroxylation is 1. The summed E-state index contributed by atoms with van der Waals surface area (Å²) < 4.78 is 13.1. The number of hydrogen-bond acceptors (Lipinski definition) is 5. The van der Waals surface area contributed by atoms with Gasteiger partial charge in [-0.1, -0.05) is 18.3 Å². The summed E-state index contributed by atoms with van der Waals surface area (Å²) in [5, 5.41) is 0. The summed E-state index contributed by atoms with van der Waals surface area (Å²) >= 11 is 1.43. The number of hydrogen-bond donors (Lipinski definition) is 0. The zero-order chi connectivity index (χ0) is 17.5. The molecular formula is C17H22N2O4S. The van der Waals surface area contributed by atoms with E-state index in [1.165, 1.54) is 11.3 Å². The molecule has 1 amide bonds. The number of nitrogens with zero attached hydrogens (tertiary/aromatic N) is 2. The summed E-state index contributed by atoms with van der Waals surface area (Å²) in [5.41, 5.74) is 0.895. The second-order valence-electron chi connectivity index (χ2n) is 5.18. The van der Waals surface area contributed by atoms with Gasteiger partial charge in [0.2, 0.25) is 5.91 Å². The van der Waals surface area contributed by atoms with E-state index in [0.717, 1.165) is 22.4 Å². The Balaban J connectivity index is 2.45. The Hall–Kier alpha value is -2.15.